The Morgan fingerprint density at radius 2 is 0.452 bits per heavy atom. The number of aromatic amines is 3. The molecule has 0 amide bonds. The molecule has 1 aliphatic rings. The number of nitrogens with zero attached hydrogens (tertiary/aromatic N) is 3. The summed E-state index contributed by atoms with van der Waals surface area (Å²) in [6.45, 7) is 4.74. The number of fused-ring (bicyclic) bond motifs is 48. The third-order valence-electron chi connectivity index (χ3n) is 30.0. The van der Waals surface area contributed by atoms with E-state index in [0.717, 1.165) is 11.4 Å². The van der Waals surface area contributed by atoms with E-state index in [4.69, 9.17) is 0 Å². The van der Waals surface area contributed by atoms with Crippen molar-refractivity contribution in [1.29, 1.82) is 0 Å². The van der Waals surface area contributed by atoms with Crippen LogP contribution in [0.3, 0.4) is 0 Å². The van der Waals surface area contributed by atoms with E-state index in [0.29, 0.717) is 0 Å². The van der Waals surface area contributed by atoms with Gasteiger partial charge >= 0.3 is 0 Å². The van der Waals surface area contributed by atoms with E-state index < -0.39 is 0 Å². The van der Waals surface area contributed by atoms with Gasteiger partial charge in [0.1, 0.15) is 0 Å². The number of nitrogens with one attached hydrogen (secondary N) is 3. The second kappa shape index (κ2) is 28.7. The van der Waals surface area contributed by atoms with Gasteiger partial charge in [0.15, 0.2) is 0 Å². The van der Waals surface area contributed by atoms with E-state index >= 15 is 0 Å². The number of H-pyrrole nitrogens is 3. The highest BCUT2D eigenvalue weighted by Gasteiger charge is 2.37. The Morgan fingerprint density at radius 3 is 0.859 bits per heavy atom. The fourth-order valence-corrected chi connectivity index (χ4v) is 24.4. The largest absolute Gasteiger partial charge is 0.354 e. The first-order valence-corrected chi connectivity index (χ1v) is 47.0. The van der Waals surface area contributed by atoms with Crippen LogP contribution in [0.1, 0.15) is 25.0 Å². The van der Waals surface area contributed by atoms with Crippen molar-refractivity contribution < 1.29 is 0 Å². The van der Waals surface area contributed by atoms with Crippen LogP contribution in [0.2, 0.25) is 0 Å². The van der Waals surface area contributed by atoms with Gasteiger partial charge in [-0.3, -0.25) is 0 Å². The Morgan fingerprint density at radius 1 is 0.170 bits per heavy atom. The Bertz CT molecular complexity index is 10400. The average molecular weight is 1720 g/mol. The molecule has 135 heavy (non-hydrogen) atoms. The zero-order chi connectivity index (χ0) is 88.6. The van der Waals surface area contributed by atoms with Gasteiger partial charge in [-0.25, -0.2) is 0 Å². The summed E-state index contributed by atoms with van der Waals surface area (Å²) < 4.78 is 7.52. The molecule has 31 rings (SSSR count). The van der Waals surface area contributed by atoms with E-state index in [1.807, 2.05) is 0 Å². The first kappa shape index (κ1) is 75.3. The molecule has 0 radical (unpaired) electrons. The lowest BCUT2D eigenvalue weighted by Gasteiger charge is -2.22. The maximum absolute atomic E-state index is 3.85. The zero-order valence-electron chi connectivity index (χ0n) is 74.0. The van der Waals surface area contributed by atoms with E-state index in [1.54, 1.807) is 0 Å². The predicted octanol–water partition coefficient (Wildman–Crippen LogP) is 35.3. The molecule has 6 aromatic heterocycles. The molecule has 0 saturated carbocycles. The highest BCUT2D eigenvalue weighted by Crippen LogP contribution is 2.56. The number of hydrogen-bond acceptors (Lipinski definition) is 0. The topological polar surface area (TPSA) is 62.2 Å². The first-order chi connectivity index (χ1) is 66.8. The van der Waals surface area contributed by atoms with Crippen LogP contribution in [-0.2, 0) is 5.41 Å². The van der Waals surface area contributed by atoms with E-state index in [9.17, 15) is 0 Å². The summed E-state index contributed by atoms with van der Waals surface area (Å²) in [5.41, 5.74) is 28.4. The summed E-state index contributed by atoms with van der Waals surface area (Å²) >= 11 is 0. The number of rotatable bonds is 5. The number of hydrogen-bond donors (Lipinski definition) is 3. The van der Waals surface area contributed by atoms with Crippen molar-refractivity contribution in [2.45, 2.75) is 19.3 Å². The summed E-state index contributed by atoms with van der Waals surface area (Å²) in [6.07, 6.45) is 0. The van der Waals surface area contributed by atoms with Crippen LogP contribution in [0.4, 0.5) is 0 Å². The van der Waals surface area contributed by atoms with E-state index in [2.05, 4.69) is 485 Å². The Labute approximate surface area is 774 Å². The molecule has 0 spiro atoms. The van der Waals surface area contributed by atoms with E-state index in [1.165, 1.54) is 278 Å². The van der Waals surface area contributed by atoms with Crippen molar-refractivity contribution in [2.24, 2.45) is 0 Å². The fraction of sp³-hybridized carbons (Fsp3) is 0.0233. The Balaban J connectivity index is 0.0000000985. The predicted molar refractivity (Wildman–Crippen MR) is 576 cm³/mol. The van der Waals surface area contributed by atoms with Crippen molar-refractivity contribution in [3.8, 4) is 50.4 Å². The van der Waals surface area contributed by atoms with Crippen LogP contribution in [0.5, 0.6) is 0 Å². The van der Waals surface area contributed by atoms with Gasteiger partial charge in [0.05, 0.1) is 49.7 Å². The molecule has 0 unspecified atom stereocenters. The highest BCUT2D eigenvalue weighted by atomic mass is 15.0. The monoisotopic (exact) mass is 1710 g/mol. The normalized spacial score (nSPS) is 12.7. The maximum atomic E-state index is 3.85. The van der Waals surface area contributed by atoms with Gasteiger partial charge in [0.2, 0.25) is 0 Å². The number of aromatic nitrogens is 6. The van der Waals surface area contributed by atoms with Gasteiger partial charge in [0, 0.05) is 152 Å². The Kier molecular flexibility index (Phi) is 16.0. The van der Waals surface area contributed by atoms with Gasteiger partial charge in [0.25, 0.3) is 0 Å². The fourth-order valence-electron chi connectivity index (χ4n) is 24.4. The van der Waals surface area contributed by atoms with Gasteiger partial charge in [-0.2, -0.15) is 0 Å². The lowest BCUT2D eigenvalue weighted by atomic mass is 9.82. The minimum absolute atomic E-state index is 0.0788. The van der Waals surface area contributed by atoms with Crippen molar-refractivity contribution in [3.63, 3.8) is 0 Å². The van der Waals surface area contributed by atoms with Crippen LogP contribution < -0.4 is 0 Å². The summed E-state index contributed by atoms with van der Waals surface area (Å²) in [7, 11) is 0. The third-order valence-corrected chi connectivity index (χ3v) is 30.0. The maximum Gasteiger partial charge on any atom is 0.0626 e. The van der Waals surface area contributed by atoms with Crippen LogP contribution in [-0.4, -0.2) is 28.7 Å². The molecule has 0 aliphatic heterocycles. The summed E-state index contributed by atoms with van der Waals surface area (Å²) in [4.78, 5) is 11.5. The number of para-hydroxylation sites is 6. The average Bonchev–Trinajstić information content (AvgIpc) is 1.55. The van der Waals surface area contributed by atoms with Gasteiger partial charge in [-0.1, -0.05) is 384 Å². The second-order valence-corrected chi connectivity index (χ2v) is 37.2. The molecule has 6 heterocycles. The quantitative estimate of drug-likeness (QED) is 0.144. The summed E-state index contributed by atoms with van der Waals surface area (Å²) in [5.74, 6) is 0. The molecule has 1 aliphatic carbocycles. The summed E-state index contributed by atoms with van der Waals surface area (Å²) in [6, 6.07) is 162. The third kappa shape index (κ3) is 10.6. The van der Waals surface area contributed by atoms with Crippen LogP contribution in [0.25, 0.3) is 278 Å². The molecule has 0 fully saturated rings. The van der Waals surface area contributed by atoms with Crippen molar-refractivity contribution >= 4 is 228 Å². The summed E-state index contributed by atoms with van der Waals surface area (Å²) in [5, 5.41) is 38.7. The van der Waals surface area contributed by atoms with Crippen LogP contribution >= 0.6 is 0 Å². The number of benzene rings is 24. The SMILES string of the molecule is CC1(C)c2ccccc2-c2ccc(-n3c4ccccc4c4c5c(c6ccccc6c6[nH]c7ccccc7c65)c5ccccc5c43)cc21.c1ccc(-c2ccc(-n3c4ccccc4c4c5c(c6ccccc6c6[nH]c7ccccc7c65)c5ccccc5c43)cc2)cc1.c1ccc(-c2cccc(-n3c4ccccc4c4c5c(c6ccccc6c6[nH]c7ccccc7c65)c5ccccc5c43)c2)cc1. The molecule has 0 atom stereocenters. The highest BCUT2D eigenvalue weighted by molar-refractivity contribution is 6.49. The minimum atomic E-state index is -0.0788. The molecule has 6 nitrogen and oxygen atoms in total. The van der Waals surface area contributed by atoms with Crippen molar-refractivity contribution in [3.05, 3.63) is 454 Å². The van der Waals surface area contributed by atoms with Crippen molar-refractivity contribution in [2.75, 3.05) is 0 Å². The van der Waals surface area contributed by atoms with Gasteiger partial charge < -0.3 is 28.7 Å². The lowest BCUT2D eigenvalue weighted by Crippen LogP contribution is -2.15. The molecular weight excluding hydrogens is 1630 g/mol. The van der Waals surface area contributed by atoms with Crippen molar-refractivity contribution in [1.82, 2.24) is 28.7 Å². The van der Waals surface area contributed by atoms with Gasteiger partial charge in [-0.05, 0) is 166 Å². The standard InChI is InChI=1S/C45H30N2.2C42H26N2/c1-45(2)35-20-10-7-13-27(35)28-24-23-26(25-36(28)45)47-38-22-12-9-19-34(38)41-42-39(30-15-4-6-17-32(30)44(41)47)29-14-3-5-16-31(29)43-40(42)33-18-8-11-21-37(33)46-43;1-2-13-26(14-3-1)27-15-12-16-28(25-27)44-36-24-11-9-22-34(36)39-40-37(30-18-5-7-20-32(30)42(39)44)29-17-4-6-19-31(29)41-38(40)33-21-8-10-23-35(33)43-41;1-2-12-26(13-3-1)27-22-24-28(25-23-27)44-36-21-11-9-19-34(36)39-40-37(30-15-5-7-17-32(30)42(39)44)29-14-4-6-16-31(29)41-38(40)33-18-8-10-20-35(33)43-41/h3-25,46H,1-2H3;2*1-25,43H. The van der Waals surface area contributed by atoms with E-state index in [-0.39, 0.29) is 5.41 Å². The Hall–Kier alpha value is -17.6. The zero-order valence-corrected chi connectivity index (χ0v) is 74.0. The van der Waals surface area contributed by atoms with Gasteiger partial charge in [-0.15, -0.1) is 0 Å². The molecular formula is C129H82N6. The molecule has 628 valence electrons. The molecule has 0 saturated heterocycles. The lowest BCUT2D eigenvalue weighted by molar-refractivity contribution is 0.660. The molecule has 3 N–H and O–H groups in total. The minimum Gasteiger partial charge on any atom is -0.354 e. The molecule has 30 aromatic rings. The molecule has 6 heteroatoms. The smallest absolute Gasteiger partial charge is 0.0626 e. The second-order valence-electron chi connectivity index (χ2n) is 37.2. The first-order valence-electron chi connectivity index (χ1n) is 47.0. The molecule has 24 aromatic carbocycles. The van der Waals surface area contributed by atoms with Crippen LogP contribution in [0, 0.1) is 0 Å². The van der Waals surface area contributed by atoms with Crippen LogP contribution in [0.15, 0.2) is 443 Å². The molecule has 0 bridgehead atoms.